The molecule has 88 valence electrons. The highest BCUT2D eigenvalue weighted by molar-refractivity contribution is 7.13. The Morgan fingerprint density at radius 2 is 1.88 bits per heavy atom. The van der Waals surface area contributed by atoms with E-state index in [0.717, 1.165) is 6.92 Å². The second kappa shape index (κ2) is 6.66. The molecule has 0 unspecified atom stereocenters. The molecule has 0 bridgehead atoms. The minimum Gasteiger partial charge on any atom is -0.481 e. The standard InChI is InChI=1S/C12H10S.C2H4O2/c1-2-10-5-7-11(8-6-10)12-4-3-9-13-12;1-2(3)4/h2-9H,1H2;1H3,(H,3,4). The fraction of sp³-hybridized carbons (Fsp3) is 0.0714. The molecule has 0 saturated carbocycles. The molecule has 0 fully saturated rings. The topological polar surface area (TPSA) is 37.3 Å². The van der Waals surface area contributed by atoms with E-state index in [4.69, 9.17) is 9.90 Å². The Bertz CT molecular complexity index is 465. The van der Waals surface area contributed by atoms with E-state index in [1.165, 1.54) is 16.0 Å². The van der Waals surface area contributed by atoms with Crippen LogP contribution in [0, 0.1) is 0 Å². The molecule has 0 atom stereocenters. The molecule has 0 radical (unpaired) electrons. The summed E-state index contributed by atoms with van der Waals surface area (Å²) in [5.74, 6) is -0.833. The molecule has 0 spiro atoms. The van der Waals surface area contributed by atoms with Gasteiger partial charge in [-0.25, -0.2) is 0 Å². The Morgan fingerprint density at radius 3 is 2.29 bits per heavy atom. The van der Waals surface area contributed by atoms with Gasteiger partial charge in [0.25, 0.3) is 5.97 Å². The van der Waals surface area contributed by atoms with Gasteiger partial charge in [-0.1, -0.05) is 43.0 Å². The maximum atomic E-state index is 9.00. The molecule has 2 rings (SSSR count). The predicted molar refractivity (Wildman–Crippen MR) is 73.2 cm³/mol. The summed E-state index contributed by atoms with van der Waals surface area (Å²) in [6.45, 7) is 4.81. The van der Waals surface area contributed by atoms with Gasteiger partial charge in [-0.05, 0) is 22.6 Å². The molecule has 0 amide bonds. The molecule has 0 saturated heterocycles. The van der Waals surface area contributed by atoms with Crippen LogP contribution in [0.3, 0.4) is 0 Å². The third kappa shape index (κ3) is 4.66. The lowest BCUT2D eigenvalue weighted by Gasteiger charge is -1.97. The van der Waals surface area contributed by atoms with Crippen LogP contribution in [-0.2, 0) is 4.79 Å². The van der Waals surface area contributed by atoms with Crippen LogP contribution in [0.5, 0.6) is 0 Å². The van der Waals surface area contributed by atoms with Crippen molar-refractivity contribution in [3.05, 3.63) is 53.9 Å². The molecule has 2 aromatic rings. The van der Waals surface area contributed by atoms with Crippen molar-refractivity contribution in [2.45, 2.75) is 6.92 Å². The summed E-state index contributed by atoms with van der Waals surface area (Å²) in [7, 11) is 0. The van der Waals surface area contributed by atoms with Crippen LogP contribution in [0.1, 0.15) is 12.5 Å². The van der Waals surface area contributed by atoms with E-state index < -0.39 is 5.97 Å². The van der Waals surface area contributed by atoms with Gasteiger partial charge in [0, 0.05) is 11.8 Å². The monoisotopic (exact) mass is 246 g/mol. The number of carboxylic acids is 1. The third-order valence-electron chi connectivity index (χ3n) is 1.95. The summed E-state index contributed by atoms with van der Waals surface area (Å²) in [6, 6.07) is 12.6. The van der Waals surface area contributed by atoms with Crippen molar-refractivity contribution in [1.82, 2.24) is 0 Å². The summed E-state index contributed by atoms with van der Waals surface area (Å²) in [4.78, 5) is 10.3. The number of carbonyl (C=O) groups is 1. The second-order valence-corrected chi connectivity index (χ2v) is 4.27. The number of thiophene rings is 1. The van der Waals surface area contributed by atoms with Crippen molar-refractivity contribution < 1.29 is 9.90 Å². The molecule has 0 aliphatic rings. The molecular formula is C14H14O2S. The predicted octanol–water partition coefficient (Wildman–Crippen LogP) is 4.15. The Balaban J connectivity index is 0.000000317. The average Bonchev–Trinajstić information content (AvgIpc) is 2.82. The summed E-state index contributed by atoms with van der Waals surface area (Å²) >= 11 is 1.76. The lowest BCUT2D eigenvalue weighted by molar-refractivity contribution is -0.134. The van der Waals surface area contributed by atoms with Crippen LogP contribution in [0.15, 0.2) is 48.4 Å². The van der Waals surface area contributed by atoms with Crippen molar-refractivity contribution in [3.8, 4) is 10.4 Å². The maximum Gasteiger partial charge on any atom is 0.300 e. The van der Waals surface area contributed by atoms with E-state index in [1.54, 1.807) is 11.3 Å². The van der Waals surface area contributed by atoms with Gasteiger partial charge in [0.15, 0.2) is 0 Å². The van der Waals surface area contributed by atoms with Crippen LogP contribution in [0.4, 0.5) is 0 Å². The summed E-state index contributed by atoms with van der Waals surface area (Å²) in [5, 5.41) is 9.51. The van der Waals surface area contributed by atoms with Crippen molar-refractivity contribution in [2.75, 3.05) is 0 Å². The largest absolute Gasteiger partial charge is 0.481 e. The highest BCUT2D eigenvalue weighted by Crippen LogP contribution is 2.24. The molecule has 1 N–H and O–H groups in total. The highest BCUT2D eigenvalue weighted by Gasteiger charge is 1.96. The lowest BCUT2D eigenvalue weighted by Crippen LogP contribution is -1.78. The van der Waals surface area contributed by atoms with E-state index in [0.29, 0.717) is 0 Å². The van der Waals surface area contributed by atoms with Crippen LogP contribution < -0.4 is 0 Å². The van der Waals surface area contributed by atoms with E-state index in [-0.39, 0.29) is 0 Å². The molecule has 2 nitrogen and oxygen atoms in total. The molecule has 1 heterocycles. The summed E-state index contributed by atoms with van der Waals surface area (Å²) < 4.78 is 0. The number of hydrogen-bond donors (Lipinski definition) is 1. The minimum absolute atomic E-state index is 0.833. The fourth-order valence-electron chi connectivity index (χ4n) is 1.23. The first kappa shape index (κ1) is 13.2. The molecule has 0 aliphatic carbocycles. The Labute approximate surface area is 105 Å². The van der Waals surface area contributed by atoms with E-state index in [2.05, 4.69) is 48.4 Å². The zero-order chi connectivity index (χ0) is 12.7. The van der Waals surface area contributed by atoms with Gasteiger partial charge in [0.05, 0.1) is 0 Å². The van der Waals surface area contributed by atoms with E-state index in [9.17, 15) is 0 Å². The van der Waals surface area contributed by atoms with Crippen LogP contribution in [0.2, 0.25) is 0 Å². The highest BCUT2D eigenvalue weighted by atomic mass is 32.1. The number of hydrogen-bond acceptors (Lipinski definition) is 2. The van der Waals surface area contributed by atoms with E-state index in [1.807, 2.05) is 6.08 Å². The first-order valence-electron chi connectivity index (χ1n) is 5.09. The van der Waals surface area contributed by atoms with Crippen molar-refractivity contribution in [3.63, 3.8) is 0 Å². The molecule has 0 aliphatic heterocycles. The molecule has 1 aromatic heterocycles. The van der Waals surface area contributed by atoms with Gasteiger partial charge in [0.1, 0.15) is 0 Å². The van der Waals surface area contributed by atoms with Crippen molar-refractivity contribution in [2.24, 2.45) is 0 Å². The van der Waals surface area contributed by atoms with Crippen LogP contribution >= 0.6 is 11.3 Å². The zero-order valence-corrected chi connectivity index (χ0v) is 10.4. The summed E-state index contributed by atoms with van der Waals surface area (Å²) in [5.41, 5.74) is 2.45. The summed E-state index contributed by atoms with van der Waals surface area (Å²) in [6.07, 6.45) is 1.86. The fourth-order valence-corrected chi connectivity index (χ4v) is 1.96. The zero-order valence-electron chi connectivity index (χ0n) is 9.59. The van der Waals surface area contributed by atoms with Gasteiger partial charge in [-0.2, -0.15) is 0 Å². The molecular weight excluding hydrogens is 232 g/mol. The average molecular weight is 246 g/mol. The van der Waals surface area contributed by atoms with Crippen molar-refractivity contribution >= 4 is 23.4 Å². The Hall–Kier alpha value is -1.87. The van der Waals surface area contributed by atoms with Crippen LogP contribution in [-0.4, -0.2) is 11.1 Å². The third-order valence-corrected chi connectivity index (χ3v) is 2.87. The number of aliphatic carboxylic acids is 1. The van der Waals surface area contributed by atoms with Gasteiger partial charge in [-0.15, -0.1) is 11.3 Å². The van der Waals surface area contributed by atoms with Crippen molar-refractivity contribution in [1.29, 1.82) is 0 Å². The quantitative estimate of drug-likeness (QED) is 0.864. The maximum absolute atomic E-state index is 9.00. The minimum atomic E-state index is -0.833. The molecule has 17 heavy (non-hydrogen) atoms. The lowest BCUT2D eigenvalue weighted by atomic mass is 10.1. The Morgan fingerprint density at radius 1 is 1.29 bits per heavy atom. The van der Waals surface area contributed by atoms with E-state index >= 15 is 0 Å². The Kier molecular flexibility index (Phi) is 5.17. The molecule has 1 aromatic carbocycles. The first-order chi connectivity index (χ1) is 8.13. The van der Waals surface area contributed by atoms with Gasteiger partial charge < -0.3 is 5.11 Å². The SMILES string of the molecule is C=Cc1ccc(-c2cccs2)cc1.CC(=O)O. The number of carboxylic acid groups (broad SMARTS) is 1. The number of benzene rings is 1. The molecule has 3 heteroatoms. The van der Waals surface area contributed by atoms with Crippen LogP contribution in [0.25, 0.3) is 16.5 Å². The van der Waals surface area contributed by atoms with Gasteiger partial charge >= 0.3 is 0 Å². The smallest absolute Gasteiger partial charge is 0.300 e. The van der Waals surface area contributed by atoms with Gasteiger partial charge in [0.2, 0.25) is 0 Å². The second-order valence-electron chi connectivity index (χ2n) is 3.32. The van der Waals surface area contributed by atoms with Gasteiger partial charge in [-0.3, -0.25) is 4.79 Å². The normalized spacial score (nSPS) is 9.00. The first-order valence-corrected chi connectivity index (χ1v) is 5.97. The number of rotatable bonds is 2.